The molecule has 0 aliphatic heterocycles. The second-order valence-electron chi connectivity index (χ2n) is 5.10. The Morgan fingerprint density at radius 2 is 2.00 bits per heavy atom. The van der Waals surface area contributed by atoms with E-state index in [-0.39, 0.29) is 11.3 Å². The molecule has 16 heavy (non-hydrogen) atoms. The van der Waals surface area contributed by atoms with Gasteiger partial charge in [-0.15, -0.1) is 0 Å². The van der Waals surface area contributed by atoms with Crippen molar-refractivity contribution in [1.29, 1.82) is 0 Å². The quantitative estimate of drug-likeness (QED) is 0.648. The van der Waals surface area contributed by atoms with E-state index >= 15 is 0 Å². The van der Waals surface area contributed by atoms with Crippen molar-refractivity contribution in [1.82, 2.24) is 5.32 Å². The number of ether oxygens (including phenoxy) is 1. The monoisotopic (exact) mass is 230 g/mol. The van der Waals surface area contributed by atoms with Crippen molar-refractivity contribution in [3.8, 4) is 0 Å². The van der Waals surface area contributed by atoms with E-state index in [4.69, 9.17) is 10.5 Å². The summed E-state index contributed by atoms with van der Waals surface area (Å²) in [5.41, 5.74) is 5.62. The minimum absolute atomic E-state index is 0.0806. The predicted octanol–water partition coefficient (Wildman–Crippen LogP) is 1.29. The van der Waals surface area contributed by atoms with Gasteiger partial charge in [0.25, 0.3) is 0 Å². The van der Waals surface area contributed by atoms with Gasteiger partial charge < -0.3 is 15.8 Å². The molecule has 0 aliphatic rings. The average Bonchev–Trinajstić information content (AvgIpc) is 2.20. The maximum absolute atomic E-state index is 11.6. The molecule has 1 atom stereocenters. The molecule has 0 saturated carbocycles. The zero-order valence-corrected chi connectivity index (χ0v) is 11.0. The molecule has 0 fully saturated rings. The first-order valence-corrected chi connectivity index (χ1v) is 6.00. The van der Waals surface area contributed by atoms with Crippen LogP contribution in [0.5, 0.6) is 0 Å². The Hall–Kier alpha value is -0.610. The van der Waals surface area contributed by atoms with Gasteiger partial charge in [-0.05, 0) is 18.3 Å². The summed E-state index contributed by atoms with van der Waals surface area (Å²) < 4.78 is 5.31. The van der Waals surface area contributed by atoms with Gasteiger partial charge in [0.2, 0.25) is 5.91 Å². The SMILES string of the molecule is CCCOCCCNC(=O)[C@H](N)C(C)(C)C. The normalized spacial score (nSPS) is 13.6. The van der Waals surface area contributed by atoms with E-state index in [0.717, 1.165) is 19.4 Å². The van der Waals surface area contributed by atoms with Gasteiger partial charge in [0.1, 0.15) is 0 Å². The van der Waals surface area contributed by atoms with Crippen LogP contribution in [0, 0.1) is 5.41 Å². The molecule has 0 unspecified atom stereocenters. The fourth-order valence-corrected chi connectivity index (χ4v) is 1.14. The lowest BCUT2D eigenvalue weighted by Crippen LogP contribution is -2.48. The fourth-order valence-electron chi connectivity index (χ4n) is 1.14. The van der Waals surface area contributed by atoms with E-state index in [1.54, 1.807) is 0 Å². The van der Waals surface area contributed by atoms with Crippen LogP contribution in [0.15, 0.2) is 0 Å². The van der Waals surface area contributed by atoms with Crippen LogP contribution in [-0.2, 0) is 9.53 Å². The molecule has 0 bridgehead atoms. The lowest BCUT2D eigenvalue weighted by Gasteiger charge is -2.25. The van der Waals surface area contributed by atoms with Crippen LogP contribution >= 0.6 is 0 Å². The smallest absolute Gasteiger partial charge is 0.237 e. The molecule has 0 rings (SSSR count). The maximum atomic E-state index is 11.6. The van der Waals surface area contributed by atoms with E-state index in [9.17, 15) is 4.79 Å². The van der Waals surface area contributed by atoms with Crippen molar-refractivity contribution < 1.29 is 9.53 Å². The molecule has 3 N–H and O–H groups in total. The summed E-state index contributed by atoms with van der Waals surface area (Å²) in [6, 6.07) is -0.455. The van der Waals surface area contributed by atoms with Crippen molar-refractivity contribution in [3.63, 3.8) is 0 Å². The Kier molecular flexibility index (Phi) is 7.34. The molecule has 0 aliphatic carbocycles. The largest absolute Gasteiger partial charge is 0.381 e. The zero-order valence-electron chi connectivity index (χ0n) is 11.0. The number of nitrogens with two attached hydrogens (primary N) is 1. The highest BCUT2D eigenvalue weighted by Crippen LogP contribution is 2.16. The van der Waals surface area contributed by atoms with E-state index < -0.39 is 6.04 Å². The van der Waals surface area contributed by atoms with Crippen LogP contribution in [0.2, 0.25) is 0 Å². The van der Waals surface area contributed by atoms with Crippen LogP contribution in [0.3, 0.4) is 0 Å². The molecule has 96 valence electrons. The molecular weight excluding hydrogens is 204 g/mol. The molecule has 4 heteroatoms. The van der Waals surface area contributed by atoms with Crippen molar-refractivity contribution in [2.24, 2.45) is 11.1 Å². The molecule has 1 amide bonds. The van der Waals surface area contributed by atoms with Gasteiger partial charge in [-0.3, -0.25) is 4.79 Å². The highest BCUT2D eigenvalue weighted by atomic mass is 16.5. The van der Waals surface area contributed by atoms with Gasteiger partial charge in [0, 0.05) is 19.8 Å². The van der Waals surface area contributed by atoms with Crippen molar-refractivity contribution >= 4 is 5.91 Å². The highest BCUT2D eigenvalue weighted by Gasteiger charge is 2.26. The van der Waals surface area contributed by atoms with Crippen LogP contribution in [0.1, 0.15) is 40.5 Å². The van der Waals surface area contributed by atoms with E-state index in [2.05, 4.69) is 12.2 Å². The average molecular weight is 230 g/mol. The minimum Gasteiger partial charge on any atom is -0.381 e. The Balaban J connectivity index is 3.58. The summed E-state index contributed by atoms with van der Waals surface area (Å²) in [5.74, 6) is -0.0806. The Morgan fingerprint density at radius 3 is 2.50 bits per heavy atom. The van der Waals surface area contributed by atoms with E-state index in [1.165, 1.54) is 0 Å². The van der Waals surface area contributed by atoms with Gasteiger partial charge in [0.05, 0.1) is 6.04 Å². The number of carbonyl (C=O) groups is 1. The molecule has 0 aromatic heterocycles. The van der Waals surface area contributed by atoms with Gasteiger partial charge in [0.15, 0.2) is 0 Å². The standard InChI is InChI=1S/C12H26N2O2/c1-5-8-16-9-6-7-14-11(15)10(13)12(2,3)4/h10H,5-9,13H2,1-4H3,(H,14,15)/t10-/m0/s1. The second kappa shape index (κ2) is 7.63. The van der Waals surface area contributed by atoms with Crippen LogP contribution in [0.25, 0.3) is 0 Å². The zero-order chi connectivity index (χ0) is 12.6. The summed E-state index contributed by atoms with van der Waals surface area (Å²) in [5, 5.41) is 2.82. The Bertz CT molecular complexity index is 200. The molecule has 0 spiro atoms. The number of hydrogen-bond acceptors (Lipinski definition) is 3. The topological polar surface area (TPSA) is 64.3 Å². The molecule has 0 aromatic rings. The van der Waals surface area contributed by atoms with Gasteiger partial charge >= 0.3 is 0 Å². The Labute approximate surface area is 98.9 Å². The lowest BCUT2D eigenvalue weighted by molar-refractivity contribution is -0.124. The second-order valence-corrected chi connectivity index (χ2v) is 5.10. The number of hydrogen-bond donors (Lipinski definition) is 2. The van der Waals surface area contributed by atoms with Crippen LogP contribution in [0.4, 0.5) is 0 Å². The maximum Gasteiger partial charge on any atom is 0.237 e. The molecular formula is C12H26N2O2. The van der Waals surface area contributed by atoms with Crippen molar-refractivity contribution in [2.45, 2.75) is 46.6 Å². The number of amides is 1. The third-order valence-electron chi connectivity index (χ3n) is 2.33. The first-order valence-electron chi connectivity index (χ1n) is 6.00. The van der Waals surface area contributed by atoms with Gasteiger partial charge in [-0.2, -0.15) is 0 Å². The van der Waals surface area contributed by atoms with Gasteiger partial charge in [-0.25, -0.2) is 0 Å². The fraction of sp³-hybridized carbons (Fsp3) is 0.917. The van der Waals surface area contributed by atoms with Gasteiger partial charge in [-0.1, -0.05) is 27.7 Å². The summed E-state index contributed by atoms with van der Waals surface area (Å²) in [6.07, 6.45) is 1.86. The summed E-state index contributed by atoms with van der Waals surface area (Å²) >= 11 is 0. The van der Waals surface area contributed by atoms with E-state index in [0.29, 0.717) is 13.2 Å². The lowest BCUT2D eigenvalue weighted by atomic mass is 9.87. The molecule has 0 radical (unpaired) electrons. The third kappa shape index (κ3) is 6.80. The highest BCUT2D eigenvalue weighted by molar-refractivity contribution is 5.82. The predicted molar refractivity (Wildman–Crippen MR) is 66.2 cm³/mol. The summed E-state index contributed by atoms with van der Waals surface area (Å²) in [6.45, 7) is 10.1. The summed E-state index contributed by atoms with van der Waals surface area (Å²) in [7, 11) is 0. The van der Waals surface area contributed by atoms with Crippen LogP contribution in [-0.4, -0.2) is 31.7 Å². The molecule has 0 saturated heterocycles. The van der Waals surface area contributed by atoms with Crippen molar-refractivity contribution in [3.05, 3.63) is 0 Å². The first-order chi connectivity index (χ1) is 7.39. The first kappa shape index (κ1) is 15.4. The Morgan fingerprint density at radius 1 is 1.38 bits per heavy atom. The third-order valence-corrected chi connectivity index (χ3v) is 2.33. The van der Waals surface area contributed by atoms with E-state index in [1.807, 2.05) is 20.8 Å². The van der Waals surface area contributed by atoms with Crippen LogP contribution < -0.4 is 11.1 Å². The number of rotatable bonds is 7. The summed E-state index contributed by atoms with van der Waals surface area (Å²) in [4.78, 5) is 11.6. The molecule has 4 nitrogen and oxygen atoms in total. The molecule has 0 aromatic carbocycles. The van der Waals surface area contributed by atoms with Crippen molar-refractivity contribution in [2.75, 3.05) is 19.8 Å². The number of carbonyl (C=O) groups excluding carboxylic acids is 1. The molecule has 0 heterocycles. The minimum atomic E-state index is -0.455. The number of nitrogens with one attached hydrogen (secondary N) is 1.